The van der Waals surface area contributed by atoms with Gasteiger partial charge >= 0.3 is 35.0 Å². The molecule has 0 aromatic rings. The van der Waals surface area contributed by atoms with E-state index in [9.17, 15) is 14.4 Å². The van der Waals surface area contributed by atoms with Crippen molar-refractivity contribution in [3.05, 3.63) is 0 Å². The van der Waals surface area contributed by atoms with Gasteiger partial charge in [0.2, 0.25) is 0 Å². The molecule has 1 radical (unpaired) electrons. The zero-order chi connectivity index (χ0) is 10.6. The summed E-state index contributed by atoms with van der Waals surface area (Å²) in [6.45, 7) is 0. The first kappa shape index (κ1) is 24.6. The molecular formula is C6H8Cl2MnO7. The number of carbonyl (C=O) groups is 3. The van der Waals surface area contributed by atoms with E-state index in [4.69, 9.17) is 20.4 Å². The molecule has 10 heteroatoms. The number of aliphatic hydroxyl groups is 1. The van der Waals surface area contributed by atoms with Gasteiger partial charge in [0.25, 0.3) is 0 Å². The molecule has 0 aliphatic carbocycles. The number of hydrogen-bond acceptors (Lipinski definition) is 4. The van der Waals surface area contributed by atoms with Crippen molar-refractivity contribution in [3.63, 3.8) is 0 Å². The van der Waals surface area contributed by atoms with Crippen LogP contribution in [0.15, 0.2) is 0 Å². The minimum atomic E-state index is -2.74. The van der Waals surface area contributed by atoms with Gasteiger partial charge in [-0.1, -0.05) is 0 Å². The fraction of sp³-hybridized carbons (Fsp3) is 0.500. The van der Waals surface area contributed by atoms with Gasteiger partial charge in [0.05, 0.1) is 12.8 Å². The topological polar surface area (TPSA) is 132 Å². The smallest absolute Gasteiger partial charge is 1.00 e. The summed E-state index contributed by atoms with van der Waals surface area (Å²) in [5.41, 5.74) is -2.74. The third kappa shape index (κ3) is 8.75. The van der Waals surface area contributed by atoms with E-state index in [2.05, 4.69) is 0 Å². The molecule has 0 saturated heterocycles. The van der Waals surface area contributed by atoms with E-state index in [0.717, 1.165) is 0 Å². The van der Waals surface area contributed by atoms with E-state index in [1.807, 2.05) is 0 Å². The Balaban J connectivity index is -0.000000240. The first-order chi connectivity index (χ1) is 5.78. The van der Waals surface area contributed by atoms with Crippen molar-refractivity contribution in [2.75, 3.05) is 0 Å². The maximum absolute atomic E-state index is 10.3. The second-order valence-electron chi connectivity index (χ2n) is 2.48. The Hall–Kier alpha value is -0.531. The van der Waals surface area contributed by atoms with Crippen molar-refractivity contribution in [1.29, 1.82) is 0 Å². The molecule has 0 rings (SSSR count). The molecule has 0 bridgehead atoms. The quantitative estimate of drug-likeness (QED) is 0.370. The summed E-state index contributed by atoms with van der Waals surface area (Å²) in [7, 11) is 0. The van der Waals surface area contributed by atoms with Crippen LogP contribution in [-0.2, 0) is 31.5 Å². The van der Waals surface area contributed by atoms with Gasteiger partial charge in [-0.25, -0.2) is 4.79 Å². The number of hydrogen-bond donors (Lipinski definition) is 4. The SMILES string of the molecule is O=C(O)CC(O)(CC(=O)O)C(=O)O.[Cl-].[Cl-].[Mn+2]. The first-order valence-electron chi connectivity index (χ1n) is 3.17. The van der Waals surface area contributed by atoms with Crippen LogP contribution >= 0.6 is 0 Å². The van der Waals surface area contributed by atoms with Crippen LogP contribution in [0.1, 0.15) is 12.8 Å². The molecule has 0 aromatic carbocycles. The van der Waals surface area contributed by atoms with Gasteiger partial charge in [-0.05, 0) is 0 Å². The van der Waals surface area contributed by atoms with Crippen LogP contribution in [-0.4, -0.2) is 43.9 Å². The molecule has 0 amide bonds. The minimum Gasteiger partial charge on any atom is -1.00 e. The average Bonchev–Trinajstić information content (AvgIpc) is 1.82. The van der Waals surface area contributed by atoms with Crippen molar-refractivity contribution in [3.8, 4) is 0 Å². The van der Waals surface area contributed by atoms with E-state index >= 15 is 0 Å². The number of carboxylic acid groups (broad SMARTS) is 3. The van der Waals surface area contributed by atoms with Crippen LogP contribution in [0.3, 0.4) is 0 Å². The Bertz CT molecular complexity index is 241. The summed E-state index contributed by atoms with van der Waals surface area (Å²) >= 11 is 0. The Morgan fingerprint density at radius 1 is 0.875 bits per heavy atom. The molecule has 0 heterocycles. The van der Waals surface area contributed by atoms with E-state index < -0.39 is 36.4 Å². The molecule has 0 aliphatic rings. The fourth-order valence-electron chi connectivity index (χ4n) is 0.714. The van der Waals surface area contributed by atoms with Crippen molar-refractivity contribution < 1.29 is 76.7 Å². The van der Waals surface area contributed by atoms with Crippen LogP contribution in [0.4, 0.5) is 0 Å². The number of aliphatic carboxylic acids is 3. The minimum absolute atomic E-state index is 0. The molecule has 0 spiro atoms. The Kier molecular flexibility index (Phi) is 14.9. The second-order valence-corrected chi connectivity index (χ2v) is 2.48. The van der Waals surface area contributed by atoms with Crippen molar-refractivity contribution in [2.45, 2.75) is 18.4 Å². The third-order valence-corrected chi connectivity index (χ3v) is 1.29. The van der Waals surface area contributed by atoms with Gasteiger partial charge in [-0.3, -0.25) is 9.59 Å². The summed E-state index contributed by atoms with van der Waals surface area (Å²) < 4.78 is 0. The monoisotopic (exact) mass is 317 g/mol. The molecule has 0 aromatic heterocycles. The molecular weight excluding hydrogens is 310 g/mol. The van der Waals surface area contributed by atoms with E-state index in [1.54, 1.807) is 0 Å². The van der Waals surface area contributed by atoms with E-state index in [-0.39, 0.29) is 41.9 Å². The molecule has 0 unspecified atom stereocenters. The Morgan fingerprint density at radius 3 is 1.25 bits per heavy atom. The maximum Gasteiger partial charge on any atom is 2.00 e. The van der Waals surface area contributed by atoms with Gasteiger partial charge < -0.3 is 45.2 Å². The van der Waals surface area contributed by atoms with Crippen molar-refractivity contribution >= 4 is 17.9 Å². The van der Waals surface area contributed by atoms with Crippen molar-refractivity contribution in [2.24, 2.45) is 0 Å². The normalized spacial score (nSPS) is 8.81. The molecule has 0 fully saturated rings. The van der Waals surface area contributed by atoms with Crippen LogP contribution in [0.5, 0.6) is 0 Å². The maximum atomic E-state index is 10.3. The predicted octanol–water partition coefficient (Wildman–Crippen LogP) is -7.24. The molecule has 0 aliphatic heterocycles. The number of carboxylic acids is 3. The summed E-state index contributed by atoms with van der Waals surface area (Å²) in [4.78, 5) is 30.5. The molecule has 0 saturated carbocycles. The zero-order valence-corrected chi connectivity index (χ0v) is 10.3. The summed E-state index contributed by atoms with van der Waals surface area (Å²) in [5.74, 6) is -5.02. The first-order valence-corrected chi connectivity index (χ1v) is 3.17. The molecule has 0 atom stereocenters. The summed E-state index contributed by atoms with van der Waals surface area (Å²) in [6.07, 6.45) is -2.29. The molecule has 95 valence electrons. The fourth-order valence-corrected chi connectivity index (χ4v) is 0.714. The van der Waals surface area contributed by atoms with Crippen LogP contribution < -0.4 is 24.8 Å². The van der Waals surface area contributed by atoms with Crippen molar-refractivity contribution in [1.82, 2.24) is 0 Å². The summed E-state index contributed by atoms with van der Waals surface area (Å²) in [6, 6.07) is 0. The second kappa shape index (κ2) is 9.68. The average molecular weight is 318 g/mol. The number of halogens is 2. The van der Waals surface area contributed by atoms with Gasteiger partial charge in [0, 0.05) is 0 Å². The largest absolute Gasteiger partial charge is 2.00 e. The standard InChI is InChI=1S/C6H8O7.2ClH.Mn/c7-3(8)1-6(13,5(11)12)2-4(9)10;;;/h13H,1-2H2,(H,7,8)(H,9,10)(H,11,12);2*1H;/q;;;+2/p-2. The molecule has 7 nitrogen and oxygen atoms in total. The third-order valence-electron chi connectivity index (χ3n) is 1.29. The molecule has 4 N–H and O–H groups in total. The van der Waals surface area contributed by atoms with Crippen LogP contribution in [0.2, 0.25) is 0 Å². The zero-order valence-electron chi connectivity index (χ0n) is 7.56. The number of rotatable bonds is 5. The van der Waals surface area contributed by atoms with Gasteiger partial charge in [0.15, 0.2) is 5.60 Å². The van der Waals surface area contributed by atoms with Gasteiger partial charge in [-0.2, -0.15) is 0 Å². The predicted molar refractivity (Wildman–Crippen MR) is 37.1 cm³/mol. The van der Waals surface area contributed by atoms with E-state index in [0.29, 0.717) is 0 Å². The van der Waals surface area contributed by atoms with Gasteiger partial charge in [0.1, 0.15) is 0 Å². The van der Waals surface area contributed by atoms with Gasteiger partial charge in [-0.15, -0.1) is 0 Å². The van der Waals surface area contributed by atoms with E-state index in [1.165, 1.54) is 0 Å². The Labute approximate surface area is 113 Å². The summed E-state index contributed by atoms with van der Waals surface area (Å²) in [5, 5.41) is 33.8. The van der Waals surface area contributed by atoms with Crippen LogP contribution in [0.25, 0.3) is 0 Å². The van der Waals surface area contributed by atoms with Crippen LogP contribution in [0, 0.1) is 0 Å². The molecule has 16 heavy (non-hydrogen) atoms. The Morgan fingerprint density at radius 2 is 1.12 bits per heavy atom.